The molecule has 1 aliphatic rings. The molecular weight excluding hydrogens is 404 g/mol. The van der Waals surface area contributed by atoms with Crippen molar-refractivity contribution in [3.63, 3.8) is 0 Å². The molecule has 1 heterocycles. The molecule has 4 rings (SSSR count). The van der Waals surface area contributed by atoms with Crippen LogP contribution in [0.3, 0.4) is 0 Å². The van der Waals surface area contributed by atoms with E-state index in [-0.39, 0.29) is 11.6 Å². The Morgan fingerprint density at radius 1 is 1.04 bits per heavy atom. The number of thiophene rings is 1. The van der Waals surface area contributed by atoms with Gasteiger partial charge in [0.25, 0.3) is 0 Å². The van der Waals surface area contributed by atoms with Crippen LogP contribution < -0.4 is 0 Å². The highest BCUT2D eigenvalue weighted by molar-refractivity contribution is 9.10. The van der Waals surface area contributed by atoms with Crippen molar-refractivity contribution in [1.82, 2.24) is 0 Å². The molecule has 0 spiro atoms. The van der Waals surface area contributed by atoms with E-state index in [0.29, 0.717) is 22.3 Å². The van der Waals surface area contributed by atoms with Crippen molar-refractivity contribution in [3.8, 4) is 10.4 Å². The molecule has 2 nitrogen and oxygen atoms in total. The van der Waals surface area contributed by atoms with Crippen LogP contribution in [0.4, 0.5) is 0 Å². The summed E-state index contributed by atoms with van der Waals surface area (Å²) in [5, 5.41) is 0. The molecule has 2 aromatic carbocycles. The fourth-order valence-electron chi connectivity index (χ4n) is 2.96. The maximum absolute atomic E-state index is 13.2. The molecule has 0 radical (unpaired) electrons. The molecule has 1 aliphatic carbocycles. The van der Waals surface area contributed by atoms with E-state index < -0.39 is 0 Å². The number of ketones is 2. The lowest BCUT2D eigenvalue weighted by Crippen LogP contribution is -2.08. The lowest BCUT2D eigenvalue weighted by atomic mass is 10.00. The van der Waals surface area contributed by atoms with E-state index >= 15 is 0 Å². The zero-order chi connectivity index (χ0) is 16.8. The predicted octanol–water partition coefficient (Wildman–Crippen LogP) is 5.67. The molecule has 0 unspecified atom stereocenters. The van der Waals surface area contributed by atoms with Gasteiger partial charge in [0, 0.05) is 26.0 Å². The van der Waals surface area contributed by atoms with Gasteiger partial charge >= 0.3 is 0 Å². The van der Waals surface area contributed by atoms with Crippen molar-refractivity contribution in [2.24, 2.45) is 0 Å². The molecule has 0 saturated heterocycles. The van der Waals surface area contributed by atoms with E-state index in [2.05, 4.69) is 15.9 Å². The molecule has 0 amide bonds. The van der Waals surface area contributed by atoms with E-state index in [1.54, 1.807) is 6.07 Å². The average Bonchev–Trinajstić information content (AvgIpc) is 3.11. The summed E-state index contributed by atoms with van der Waals surface area (Å²) in [7, 11) is 0. The van der Waals surface area contributed by atoms with E-state index in [1.165, 1.54) is 23.1 Å². The monoisotopic (exact) mass is 414 g/mol. The molecule has 3 aromatic rings. The van der Waals surface area contributed by atoms with Gasteiger partial charge in [-0.05, 0) is 18.4 Å². The second-order valence-electron chi connectivity index (χ2n) is 5.36. The van der Waals surface area contributed by atoms with Gasteiger partial charge in [-0.2, -0.15) is 0 Å². The number of thioether (sulfide) groups is 1. The molecule has 1 aromatic heterocycles. The molecule has 0 saturated carbocycles. The number of carbonyl (C=O) groups is 2. The van der Waals surface area contributed by atoms with Crippen molar-refractivity contribution in [2.45, 2.75) is 4.21 Å². The largest absolute Gasteiger partial charge is 0.289 e. The smallest absolute Gasteiger partial charge is 0.196 e. The van der Waals surface area contributed by atoms with Crippen LogP contribution in [-0.4, -0.2) is 17.8 Å². The number of benzene rings is 2. The van der Waals surface area contributed by atoms with Crippen LogP contribution in [0.15, 0.2) is 57.2 Å². The fourth-order valence-corrected chi connectivity index (χ4v) is 5.47. The van der Waals surface area contributed by atoms with Gasteiger partial charge in [0.2, 0.25) is 0 Å². The third kappa shape index (κ3) is 2.23. The Bertz CT molecular complexity index is 1000. The maximum atomic E-state index is 13.2. The number of rotatable bonds is 3. The molecule has 0 bridgehead atoms. The van der Waals surface area contributed by atoms with Gasteiger partial charge in [-0.1, -0.05) is 52.3 Å². The van der Waals surface area contributed by atoms with Gasteiger partial charge < -0.3 is 0 Å². The van der Waals surface area contributed by atoms with Crippen LogP contribution in [0.25, 0.3) is 10.4 Å². The summed E-state index contributed by atoms with van der Waals surface area (Å²) in [5.41, 5.74) is 3.30. The first kappa shape index (κ1) is 15.8. The van der Waals surface area contributed by atoms with Crippen molar-refractivity contribution in [3.05, 3.63) is 75.3 Å². The number of halogens is 1. The highest BCUT2D eigenvalue weighted by Crippen LogP contribution is 2.48. The third-order valence-electron chi connectivity index (χ3n) is 4.05. The van der Waals surface area contributed by atoms with Crippen molar-refractivity contribution in [2.75, 3.05) is 6.26 Å². The summed E-state index contributed by atoms with van der Waals surface area (Å²) < 4.78 is 1.63. The van der Waals surface area contributed by atoms with E-state index in [0.717, 1.165) is 19.1 Å². The Hall–Kier alpha value is -1.69. The topological polar surface area (TPSA) is 34.1 Å². The summed E-state index contributed by atoms with van der Waals surface area (Å²) in [4.78, 5) is 27.0. The summed E-state index contributed by atoms with van der Waals surface area (Å²) in [6.45, 7) is 0. The summed E-state index contributed by atoms with van der Waals surface area (Å²) in [5.74, 6) is -0.155. The maximum Gasteiger partial charge on any atom is 0.196 e. The summed E-state index contributed by atoms with van der Waals surface area (Å²) >= 11 is 6.49. The van der Waals surface area contributed by atoms with Crippen LogP contribution in [-0.2, 0) is 0 Å². The van der Waals surface area contributed by atoms with Crippen LogP contribution >= 0.6 is 39.0 Å². The van der Waals surface area contributed by atoms with Gasteiger partial charge in [-0.25, -0.2) is 0 Å². The third-order valence-corrected chi connectivity index (χ3v) is 7.08. The van der Waals surface area contributed by atoms with Crippen molar-refractivity contribution < 1.29 is 9.59 Å². The summed E-state index contributed by atoms with van der Waals surface area (Å²) in [6.07, 6.45) is 1.94. The zero-order valence-electron chi connectivity index (χ0n) is 12.6. The highest BCUT2D eigenvalue weighted by Gasteiger charge is 2.36. The Kier molecular flexibility index (Phi) is 3.95. The molecule has 118 valence electrons. The molecular formula is C19H11BrO2S2. The standard InChI is InChI=1S/C19H11BrO2S2/c1-23-19-15(17(22)12-8-4-5-9-13(12)20)14-16(21)10-6-2-3-7-11(10)18(14)24-19/h2-9H,1H3. The highest BCUT2D eigenvalue weighted by atomic mass is 79.9. The quantitative estimate of drug-likeness (QED) is 0.319. The van der Waals surface area contributed by atoms with Crippen molar-refractivity contribution in [1.29, 1.82) is 0 Å². The van der Waals surface area contributed by atoms with E-state index in [9.17, 15) is 9.59 Å². The van der Waals surface area contributed by atoms with Gasteiger partial charge in [0.15, 0.2) is 11.6 Å². The normalized spacial score (nSPS) is 12.2. The lowest BCUT2D eigenvalue weighted by Gasteiger charge is -2.06. The Morgan fingerprint density at radius 3 is 2.42 bits per heavy atom. The first-order chi connectivity index (χ1) is 11.6. The number of hydrogen-bond acceptors (Lipinski definition) is 4. The van der Waals surface area contributed by atoms with Crippen LogP contribution in [0.5, 0.6) is 0 Å². The molecule has 0 fully saturated rings. The minimum Gasteiger partial charge on any atom is -0.289 e. The number of carbonyl (C=O) groups excluding carboxylic acids is 2. The lowest BCUT2D eigenvalue weighted by molar-refractivity contribution is 0.100. The van der Waals surface area contributed by atoms with E-state index in [1.807, 2.05) is 48.7 Å². The molecule has 0 N–H and O–H groups in total. The van der Waals surface area contributed by atoms with Gasteiger partial charge in [0.05, 0.1) is 15.3 Å². The van der Waals surface area contributed by atoms with Crippen LogP contribution in [0.2, 0.25) is 0 Å². The second kappa shape index (κ2) is 5.99. The molecule has 0 atom stereocenters. The Morgan fingerprint density at radius 2 is 1.71 bits per heavy atom. The van der Waals surface area contributed by atoms with Crippen LogP contribution in [0.1, 0.15) is 31.8 Å². The first-order valence-electron chi connectivity index (χ1n) is 7.27. The van der Waals surface area contributed by atoms with Crippen LogP contribution in [0, 0.1) is 0 Å². The second-order valence-corrected chi connectivity index (χ2v) is 8.31. The van der Waals surface area contributed by atoms with Gasteiger partial charge in [-0.3, -0.25) is 9.59 Å². The predicted molar refractivity (Wildman–Crippen MR) is 103 cm³/mol. The number of hydrogen-bond donors (Lipinski definition) is 0. The van der Waals surface area contributed by atoms with Gasteiger partial charge in [-0.15, -0.1) is 23.1 Å². The molecule has 5 heteroatoms. The SMILES string of the molecule is CSc1sc2c(c1C(=O)c1ccccc1Br)C(=O)c1ccccc1-2. The number of fused-ring (bicyclic) bond motifs is 3. The Labute approximate surface area is 156 Å². The first-order valence-corrected chi connectivity index (χ1v) is 10.1. The average molecular weight is 415 g/mol. The molecule has 0 aliphatic heterocycles. The van der Waals surface area contributed by atoms with Gasteiger partial charge in [0.1, 0.15) is 0 Å². The zero-order valence-corrected chi connectivity index (χ0v) is 15.8. The fraction of sp³-hybridized carbons (Fsp3) is 0.0526. The summed E-state index contributed by atoms with van der Waals surface area (Å²) in [6, 6.07) is 14.9. The van der Waals surface area contributed by atoms with E-state index in [4.69, 9.17) is 0 Å². The minimum absolute atomic E-state index is 0.0486. The van der Waals surface area contributed by atoms with Crippen molar-refractivity contribution >= 4 is 50.6 Å². The molecule has 24 heavy (non-hydrogen) atoms. The minimum atomic E-state index is -0.106. The Balaban J connectivity index is 1.96.